The number of nitrogens with zero attached hydrogens (tertiary/aromatic N) is 2. The van der Waals surface area contributed by atoms with E-state index in [0.717, 1.165) is 6.07 Å². The first kappa shape index (κ1) is 13.8. The highest BCUT2D eigenvalue weighted by atomic mass is 127. The maximum Gasteiger partial charge on any atom is 0.417 e. The quantitative estimate of drug-likeness (QED) is 0.782. The molecular weight excluding hydrogens is 376 g/mol. The topological polar surface area (TPSA) is 84.7 Å². The van der Waals surface area contributed by atoms with Crippen LogP contribution in [0.1, 0.15) is 16.1 Å². The number of alkyl halides is 3. The molecular formula is C10H6F3IN4O. The SMILES string of the molecule is NC(=O)c1n[nH]nc1-c1ccc(I)c(C(F)(F)F)c1. The maximum atomic E-state index is 12.8. The molecule has 19 heavy (non-hydrogen) atoms. The van der Waals surface area contributed by atoms with E-state index < -0.39 is 17.6 Å². The number of aromatic amines is 1. The average Bonchev–Trinajstić information content (AvgIpc) is 2.77. The molecule has 2 rings (SSSR count). The Morgan fingerprint density at radius 2 is 2.00 bits per heavy atom. The van der Waals surface area contributed by atoms with E-state index in [1.807, 2.05) is 0 Å². The van der Waals surface area contributed by atoms with E-state index in [9.17, 15) is 18.0 Å². The highest BCUT2D eigenvalue weighted by Gasteiger charge is 2.33. The second-order valence-corrected chi connectivity index (χ2v) is 4.74. The predicted molar refractivity (Wildman–Crippen MR) is 68.1 cm³/mol. The molecule has 0 saturated carbocycles. The van der Waals surface area contributed by atoms with Crippen LogP contribution >= 0.6 is 22.6 Å². The van der Waals surface area contributed by atoms with Gasteiger partial charge in [-0.2, -0.15) is 28.6 Å². The Morgan fingerprint density at radius 1 is 1.32 bits per heavy atom. The fourth-order valence-corrected chi connectivity index (χ4v) is 2.14. The summed E-state index contributed by atoms with van der Waals surface area (Å²) in [6.45, 7) is 0. The number of nitrogens with two attached hydrogens (primary N) is 1. The average molecular weight is 382 g/mol. The van der Waals surface area contributed by atoms with Crippen molar-refractivity contribution in [3.05, 3.63) is 33.0 Å². The number of nitrogens with one attached hydrogen (secondary N) is 1. The van der Waals surface area contributed by atoms with Crippen molar-refractivity contribution >= 4 is 28.5 Å². The summed E-state index contributed by atoms with van der Waals surface area (Å²) < 4.78 is 38.4. The van der Waals surface area contributed by atoms with Gasteiger partial charge in [0, 0.05) is 9.13 Å². The van der Waals surface area contributed by atoms with Crippen LogP contribution in [0.15, 0.2) is 18.2 Å². The highest BCUT2D eigenvalue weighted by Crippen LogP contribution is 2.35. The van der Waals surface area contributed by atoms with Gasteiger partial charge in [0.25, 0.3) is 5.91 Å². The lowest BCUT2D eigenvalue weighted by atomic mass is 10.1. The molecule has 3 N–H and O–H groups in total. The molecule has 9 heteroatoms. The van der Waals surface area contributed by atoms with Crippen LogP contribution in [0.4, 0.5) is 13.2 Å². The molecule has 0 spiro atoms. The number of halogens is 4. The monoisotopic (exact) mass is 382 g/mol. The third kappa shape index (κ3) is 2.69. The van der Waals surface area contributed by atoms with Crippen molar-refractivity contribution in [1.82, 2.24) is 15.4 Å². The zero-order valence-corrected chi connectivity index (χ0v) is 11.3. The molecule has 2 aromatic rings. The number of primary amides is 1. The summed E-state index contributed by atoms with van der Waals surface area (Å²) in [6, 6.07) is 3.62. The van der Waals surface area contributed by atoms with Gasteiger partial charge in [0.15, 0.2) is 5.69 Å². The van der Waals surface area contributed by atoms with E-state index >= 15 is 0 Å². The third-order valence-corrected chi connectivity index (χ3v) is 3.27. The van der Waals surface area contributed by atoms with Crippen LogP contribution in [-0.2, 0) is 6.18 Å². The Kier molecular flexibility index (Phi) is 3.47. The normalized spacial score (nSPS) is 11.6. The first-order valence-corrected chi connectivity index (χ1v) is 5.96. The maximum absolute atomic E-state index is 12.8. The minimum atomic E-state index is -4.48. The molecule has 5 nitrogen and oxygen atoms in total. The van der Waals surface area contributed by atoms with Gasteiger partial charge in [0.05, 0.1) is 5.56 Å². The number of carbonyl (C=O) groups excluding carboxylic acids is 1. The molecule has 100 valence electrons. The van der Waals surface area contributed by atoms with Gasteiger partial charge in [0.2, 0.25) is 0 Å². The van der Waals surface area contributed by atoms with Gasteiger partial charge in [-0.05, 0) is 34.7 Å². The summed E-state index contributed by atoms with van der Waals surface area (Å²) >= 11 is 1.59. The largest absolute Gasteiger partial charge is 0.417 e. The fourth-order valence-electron chi connectivity index (χ4n) is 1.49. The van der Waals surface area contributed by atoms with E-state index in [4.69, 9.17) is 5.73 Å². The Labute approximate surface area is 118 Å². The molecule has 0 bridgehead atoms. The van der Waals surface area contributed by atoms with Crippen LogP contribution < -0.4 is 5.73 Å². The van der Waals surface area contributed by atoms with Gasteiger partial charge in [-0.1, -0.05) is 6.07 Å². The second-order valence-electron chi connectivity index (χ2n) is 3.58. The van der Waals surface area contributed by atoms with Crippen molar-refractivity contribution in [2.45, 2.75) is 6.18 Å². The number of hydrogen-bond acceptors (Lipinski definition) is 3. The van der Waals surface area contributed by atoms with Crippen LogP contribution in [0.5, 0.6) is 0 Å². The van der Waals surface area contributed by atoms with Crippen molar-refractivity contribution in [2.24, 2.45) is 5.73 Å². The summed E-state index contributed by atoms with van der Waals surface area (Å²) in [6.07, 6.45) is -4.48. The molecule has 0 unspecified atom stereocenters. The minimum absolute atomic E-state index is 0.00519. The van der Waals surface area contributed by atoms with Crippen molar-refractivity contribution in [2.75, 3.05) is 0 Å². The smallest absolute Gasteiger partial charge is 0.364 e. The van der Waals surface area contributed by atoms with Crippen molar-refractivity contribution in [1.29, 1.82) is 0 Å². The van der Waals surface area contributed by atoms with Gasteiger partial charge in [-0.3, -0.25) is 4.79 Å². The van der Waals surface area contributed by atoms with Crippen molar-refractivity contribution < 1.29 is 18.0 Å². The molecule has 0 atom stereocenters. The fraction of sp³-hybridized carbons (Fsp3) is 0.100. The van der Waals surface area contributed by atoms with Crippen LogP contribution in [0.2, 0.25) is 0 Å². The molecule has 0 fully saturated rings. The Balaban J connectivity index is 2.58. The number of benzene rings is 1. The molecule has 0 aliphatic rings. The minimum Gasteiger partial charge on any atom is -0.364 e. The number of aromatic nitrogens is 3. The van der Waals surface area contributed by atoms with E-state index in [-0.39, 0.29) is 20.5 Å². The van der Waals surface area contributed by atoms with Crippen molar-refractivity contribution in [3.8, 4) is 11.3 Å². The first-order chi connectivity index (χ1) is 8.80. The summed E-state index contributed by atoms with van der Waals surface area (Å²) in [7, 11) is 0. The van der Waals surface area contributed by atoms with Crippen molar-refractivity contribution in [3.63, 3.8) is 0 Å². The number of carbonyl (C=O) groups is 1. The van der Waals surface area contributed by atoms with E-state index in [0.29, 0.717) is 0 Å². The Hall–Kier alpha value is -1.65. The number of rotatable bonds is 2. The molecule has 1 aromatic heterocycles. The zero-order chi connectivity index (χ0) is 14.2. The van der Waals surface area contributed by atoms with Gasteiger partial charge >= 0.3 is 6.18 Å². The number of H-pyrrole nitrogens is 1. The molecule has 0 aliphatic carbocycles. The van der Waals surface area contributed by atoms with Gasteiger partial charge < -0.3 is 5.73 Å². The third-order valence-electron chi connectivity index (χ3n) is 2.33. The predicted octanol–water partition coefficient (Wildman–Crippen LogP) is 2.19. The number of hydrogen-bond donors (Lipinski definition) is 2. The lowest BCUT2D eigenvalue weighted by molar-refractivity contribution is -0.138. The summed E-state index contributed by atoms with van der Waals surface area (Å²) in [5.41, 5.74) is 4.18. The summed E-state index contributed by atoms with van der Waals surface area (Å²) in [4.78, 5) is 11.1. The lowest BCUT2D eigenvalue weighted by Gasteiger charge is -2.10. The summed E-state index contributed by atoms with van der Waals surface area (Å²) in [5, 5.41) is 9.33. The van der Waals surface area contributed by atoms with Gasteiger partial charge in [-0.15, -0.1) is 0 Å². The molecule has 0 saturated heterocycles. The van der Waals surface area contributed by atoms with Crippen LogP contribution in [0.25, 0.3) is 11.3 Å². The highest BCUT2D eigenvalue weighted by molar-refractivity contribution is 14.1. The van der Waals surface area contributed by atoms with E-state index in [1.54, 1.807) is 22.6 Å². The molecule has 1 amide bonds. The van der Waals surface area contributed by atoms with Crippen LogP contribution in [0, 0.1) is 3.57 Å². The lowest BCUT2D eigenvalue weighted by Crippen LogP contribution is -2.13. The van der Waals surface area contributed by atoms with E-state index in [1.165, 1.54) is 12.1 Å². The van der Waals surface area contributed by atoms with Crippen LogP contribution in [0.3, 0.4) is 0 Å². The molecule has 1 aromatic carbocycles. The molecule has 0 radical (unpaired) electrons. The molecule has 0 aliphatic heterocycles. The Morgan fingerprint density at radius 3 is 2.58 bits per heavy atom. The Bertz CT molecular complexity index is 638. The number of amides is 1. The molecule has 1 heterocycles. The second kappa shape index (κ2) is 4.79. The van der Waals surface area contributed by atoms with Crippen LogP contribution in [-0.4, -0.2) is 21.3 Å². The van der Waals surface area contributed by atoms with E-state index in [2.05, 4.69) is 15.4 Å². The summed E-state index contributed by atoms with van der Waals surface area (Å²) in [5.74, 6) is -0.865. The zero-order valence-electron chi connectivity index (χ0n) is 9.12. The van der Waals surface area contributed by atoms with Gasteiger partial charge in [0.1, 0.15) is 5.69 Å². The van der Waals surface area contributed by atoms with Gasteiger partial charge in [-0.25, -0.2) is 0 Å². The first-order valence-electron chi connectivity index (χ1n) is 4.88. The standard InChI is InChI=1S/C10H6F3IN4O/c11-10(12,13)5-3-4(1-2-6(5)14)7-8(9(15)19)17-18-16-7/h1-3H,(H2,15,19)(H,16,17,18).